The Bertz CT molecular complexity index is 599. The molecule has 0 radical (unpaired) electrons. The number of ether oxygens (including phenoxy) is 1. The van der Waals surface area contributed by atoms with Gasteiger partial charge in [-0.15, -0.1) is 0 Å². The van der Waals surface area contributed by atoms with Crippen LogP contribution in [0.1, 0.15) is 24.1 Å². The van der Waals surface area contributed by atoms with Crippen LogP contribution in [0.4, 0.5) is 4.39 Å². The van der Waals surface area contributed by atoms with Gasteiger partial charge < -0.3 is 10.5 Å². The van der Waals surface area contributed by atoms with Gasteiger partial charge >= 0.3 is 0 Å². The summed E-state index contributed by atoms with van der Waals surface area (Å²) >= 11 is 9.21. The first kappa shape index (κ1) is 15.3. The number of rotatable bonds is 4. The average Bonchev–Trinajstić information content (AvgIpc) is 2.36. The monoisotopic (exact) mass is 357 g/mol. The molecule has 5 heteroatoms. The molecule has 2 N–H and O–H groups in total. The molecule has 2 aromatic carbocycles. The minimum Gasteiger partial charge on any atom is -0.489 e. The van der Waals surface area contributed by atoms with E-state index in [9.17, 15) is 4.39 Å². The van der Waals surface area contributed by atoms with E-state index in [-0.39, 0.29) is 18.5 Å². The molecule has 2 nitrogen and oxygen atoms in total. The lowest BCUT2D eigenvalue weighted by molar-refractivity contribution is 0.301. The van der Waals surface area contributed by atoms with Crippen molar-refractivity contribution >= 4 is 27.5 Å². The van der Waals surface area contributed by atoms with Crippen LogP contribution in [-0.2, 0) is 6.61 Å². The SMILES string of the molecule is CC(N)c1cc(Cl)ccc1OCc1cc(F)cc(Br)c1. The number of halogens is 3. The summed E-state index contributed by atoms with van der Waals surface area (Å²) in [7, 11) is 0. The Morgan fingerprint density at radius 3 is 2.70 bits per heavy atom. The molecular weight excluding hydrogens is 345 g/mol. The largest absolute Gasteiger partial charge is 0.489 e. The molecule has 0 heterocycles. The van der Waals surface area contributed by atoms with Crippen LogP contribution in [0.5, 0.6) is 5.75 Å². The van der Waals surface area contributed by atoms with Gasteiger partial charge in [0, 0.05) is 21.1 Å². The Morgan fingerprint density at radius 2 is 2.05 bits per heavy atom. The maximum atomic E-state index is 13.3. The molecule has 106 valence electrons. The normalized spacial score (nSPS) is 12.2. The van der Waals surface area contributed by atoms with Crippen LogP contribution in [0, 0.1) is 5.82 Å². The Balaban J connectivity index is 2.18. The lowest BCUT2D eigenvalue weighted by Crippen LogP contribution is -2.08. The second kappa shape index (κ2) is 6.57. The van der Waals surface area contributed by atoms with E-state index in [0.29, 0.717) is 15.2 Å². The van der Waals surface area contributed by atoms with Crippen LogP contribution < -0.4 is 10.5 Å². The fourth-order valence-electron chi connectivity index (χ4n) is 1.86. The molecule has 1 atom stereocenters. The molecule has 0 amide bonds. The highest BCUT2D eigenvalue weighted by molar-refractivity contribution is 9.10. The summed E-state index contributed by atoms with van der Waals surface area (Å²) in [5.74, 6) is 0.353. The van der Waals surface area contributed by atoms with Gasteiger partial charge in [-0.3, -0.25) is 0 Å². The van der Waals surface area contributed by atoms with Crippen LogP contribution in [0.3, 0.4) is 0 Å². The van der Waals surface area contributed by atoms with Gasteiger partial charge in [0.15, 0.2) is 0 Å². The summed E-state index contributed by atoms with van der Waals surface area (Å²) in [4.78, 5) is 0. The Labute approximate surface area is 130 Å². The summed E-state index contributed by atoms with van der Waals surface area (Å²) in [5, 5.41) is 0.609. The number of hydrogen-bond donors (Lipinski definition) is 1. The second-order valence-electron chi connectivity index (χ2n) is 4.54. The maximum Gasteiger partial charge on any atom is 0.124 e. The summed E-state index contributed by atoms with van der Waals surface area (Å²) in [5.41, 5.74) is 7.46. The van der Waals surface area contributed by atoms with Crippen LogP contribution in [-0.4, -0.2) is 0 Å². The molecule has 2 rings (SSSR count). The summed E-state index contributed by atoms with van der Waals surface area (Å²) in [6.45, 7) is 2.12. The van der Waals surface area contributed by atoms with Crippen LogP contribution in [0.2, 0.25) is 5.02 Å². The minimum atomic E-state index is -0.304. The topological polar surface area (TPSA) is 35.2 Å². The van der Waals surface area contributed by atoms with Crippen LogP contribution in [0.25, 0.3) is 0 Å². The Hall–Kier alpha value is -1.10. The highest BCUT2D eigenvalue weighted by Gasteiger charge is 2.09. The van der Waals surface area contributed by atoms with Gasteiger partial charge in [-0.05, 0) is 48.9 Å². The minimum absolute atomic E-state index is 0.192. The highest BCUT2D eigenvalue weighted by atomic mass is 79.9. The van der Waals surface area contributed by atoms with Crippen molar-refractivity contribution in [3.8, 4) is 5.75 Å². The van der Waals surface area contributed by atoms with Crippen molar-refractivity contribution in [3.05, 3.63) is 62.8 Å². The number of nitrogens with two attached hydrogens (primary N) is 1. The lowest BCUT2D eigenvalue weighted by Gasteiger charge is -2.14. The van der Waals surface area contributed by atoms with Crippen molar-refractivity contribution in [2.75, 3.05) is 0 Å². The lowest BCUT2D eigenvalue weighted by atomic mass is 10.1. The third-order valence-corrected chi connectivity index (χ3v) is 3.47. The zero-order chi connectivity index (χ0) is 14.7. The van der Waals surface area contributed by atoms with Crippen LogP contribution >= 0.6 is 27.5 Å². The van der Waals surface area contributed by atoms with Crippen molar-refractivity contribution in [3.63, 3.8) is 0 Å². The van der Waals surface area contributed by atoms with Gasteiger partial charge in [0.25, 0.3) is 0 Å². The van der Waals surface area contributed by atoms with Crippen molar-refractivity contribution < 1.29 is 9.13 Å². The van der Waals surface area contributed by atoms with Gasteiger partial charge in [-0.1, -0.05) is 27.5 Å². The fraction of sp³-hybridized carbons (Fsp3) is 0.200. The van der Waals surface area contributed by atoms with Crippen molar-refractivity contribution in [1.82, 2.24) is 0 Å². The quantitative estimate of drug-likeness (QED) is 0.848. The van der Waals surface area contributed by atoms with E-state index < -0.39 is 0 Å². The second-order valence-corrected chi connectivity index (χ2v) is 5.89. The molecule has 2 aromatic rings. The fourth-order valence-corrected chi connectivity index (χ4v) is 2.56. The van der Waals surface area contributed by atoms with E-state index in [4.69, 9.17) is 22.1 Å². The Morgan fingerprint density at radius 1 is 1.30 bits per heavy atom. The van der Waals surface area contributed by atoms with Crippen molar-refractivity contribution in [2.45, 2.75) is 19.6 Å². The van der Waals surface area contributed by atoms with Gasteiger partial charge in [0.1, 0.15) is 18.2 Å². The zero-order valence-electron chi connectivity index (χ0n) is 10.9. The van der Waals surface area contributed by atoms with E-state index in [1.165, 1.54) is 12.1 Å². The maximum absolute atomic E-state index is 13.3. The molecule has 0 saturated carbocycles. The summed E-state index contributed by atoms with van der Waals surface area (Å²) < 4.78 is 19.7. The molecule has 0 bridgehead atoms. The van der Waals surface area contributed by atoms with Crippen molar-refractivity contribution in [2.24, 2.45) is 5.73 Å². The van der Waals surface area contributed by atoms with Gasteiger partial charge in [-0.2, -0.15) is 0 Å². The number of benzene rings is 2. The average molecular weight is 359 g/mol. The molecule has 0 aromatic heterocycles. The van der Waals surface area contributed by atoms with E-state index in [2.05, 4.69) is 15.9 Å². The van der Waals surface area contributed by atoms with Crippen molar-refractivity contribution in [1.29, 1.82) is 0 Å². The zero-order valence-corrected chi connectivity index (χ0v) is 13.2. The molecule has 20 heavy (non-hydrogen) atoms. The number of hydrogen-bond acceptors (Lipinski definition) is 2. The Kier molecular flexibility index (Phi) is 5.02. The molecule has 0 saturated heterocycles. The molecular formula is C15H14BrClFNO. The predicted molar refractivity (Wildman–Crippen MR) is 82.5 cm³/mol. The van der Waals surface area contributed by atoms with E-state index in [1.54, 1.807) is 18.2 Å². The van der Waals surface area contributed by atoms with Gasteiger partial charge in [-0.25, -0.2) is 4.39 Å². The summed E-state index contributed by atoms with van der Waals surface area (Å²) in [6.07, 6.45) is 0. The molecule has 0 fully saturated rings. The van der Waals surface area contributed by atoms with Crippen LogP contribution in [0.15, 0.2) is 40.9 Å². The molecule has 0 aliphatic rings. The highest BCUT2D eigenvalue weighted by Crippen LogP contribution is 2.28. The molecule has 0 aliphatic carbocycles. The molecule has 1 unspecified atom stereocenters. The first-order valence-corrected chi connectivity index (χ1v) is 7.25. The first-order valence-electron chi connectivity index (χ1n) is 6.08. The van der Waals surface area contributed by atoms with E-state index >= 15 is 0 Å². The smallest absolute Gasteiger partial charge is 0.124 e. The molecule has 0 spiro atoms. The van der Waals surface area contributed by atoms with Gasteiger partial charge in [0.05, 0.1) is 0 Å². The predicted octanol–water partition coefficient (Wildman–Crippen LogP) is 4.84. The van der Waals surface area contributed by atoms with Gasteiger partial charge in [0.2, 0.25) is 0 Å². The third kappa shape index (κ3) is 3.95. The summed E-state index contributed by atoms with van der Waals surface area (Å²) in [6, 6.07) is 9.75. The third-order valence-electron chi connectivity index (χ3n) is 2.78. The van der Waals surface area contributed by atoms with E-state index in [0.717, 1.165) is 11.1 Å². The van der Waals surface area contributed by atoms with E-state index in [1.807, 2.05) is 13.0 Å². The molecule has 0 aliphatic heterocycles. The first-order chi connectivity index (χ1) is 9.45. The standard InChI is InChI=1S/C15H14BrClFNO/c1-9(19)14-7-12(17)2-3-15(14)20-8-10-4-11(16)6-13(18)5-10/h2-7,9H,8,19H2,1H3.